The second kappa shape index (κ2) is 4.67. The molecule has 0 bridgehead atoms. The molecule has 0 atom stereocenters. The Morgan fingerprint density at radius 2 is 1.88 bits per heavy atom. The zero-order valence-corrected chi connectivity index (χ0v) is 10.9. The number of carbonyl (C=O) groups is 1. The van der Waals surface area contributed by atoms with Crippen molar-refractivity contribution in [3.63, 3.8) is 0 Å². The Bertz CT molecular complexity index is 529. The summed E-state index contributed by atoms with van der Waals surface area (Å²) >= 11 is 1.50. The maximum Gasteiger partial charge on any atom is 0.272 e. The minimum absolute atomic E-state index is 0.0559. The molecule has 88 valence electrons. The fourth-order valence-corrected chi connectivity index (χ4v) is 2.23. The minimum atomic E-state index is -0.0559. The van der Waals surface area contributed by atoms with Crippen LogP contribution in [0.3, 0.4) is 0 Å². The third kappa shape index (κ3) is 2.53. The van der Waals surface area contributed by atoms with E-state index in [1.165, 1.54) is 21.8 Å². The molecule has 17 heavy (non-hydrogen) atoms. The Morgan fingerprint density at radius 1 is 1.24 bits per heavy atom. The highest BCUT2D eigenvalue weighted by atomic mass is 32.1. The van der Waals surface area contributed by atoms with E-state index in [1.54, 1.807) is 19.5 Å². The second-order valence-corrected chi connectivity index (χ2v) is 4.96. The highest BCUT2D eigenvalue weighted by Gasteiger charge is 2.13. The van der Waals surface area contributed by atoms with Gasteiger partial charge in [-0.05, 0) is 6.92 Å². The number of hydrogen-bond acceptors (Lipinski definition) is 3. The predicted molar refractivity (Wildman–Crippen MR) is 70.3 cm³/mol. The van der Waals surface area contributed by atoms with E-state index < -0.39 is 0 Å². The molecule has 0 aliphatic carbocycles. The van der Waals surface area contributed by atoms with Crippen LogP contribution >= 0.6 is 11.3 Å². The van der Waals surface area contributed by atoms with Crippen LogP contribution in [0.5, 0.6) is 0 Å². The van der Waals surface area contributed by atoms with Crippen LogP contribution in [0, 0.1) is 6.92 Å². The van der Waals surface area contributed by atoms with Gasteiger partial charge in [0.25, 0.3) is 5.91 Å². The molecule has 0 radical (unpaired) electrons. The van der Waals surface area contributed by atoms with Crippen LogP contribution in [-0.2, 0) is 0 Å². The summed E-state index contributed by atoms with van der Waals surface area (Å²) in [5.41, 5.74) is 2.78. The summed E-state index contributed by atoms with van der Waals surface area (Å²) in [5, 5.41) is 2.69. The molecule has 0 spiro atoms. The van der Waals surface area contributed by atoms with Crippen LogP contribution in [0.2, 0.25) is 0 Å². The summed E-state index contributed by atoms with van der Waals surface area (Å²) in [5.74, 6) is -0.0559. The fraction of sp³-hybridized carbons (Fsp3) is 0.231. The first-order valence-corrected chi connectivity index (χ1v) is 6.20. The molecular formula is C13H14N2OS. The van der Waals surface area contributed by atoms with Crippen LogP contribution < -0.4 is 0 Å². The average molecular weight is 246 g/mol. The van der Waals surface area contributed by atoms with Gasteiger partial charge in [0, 0.05) is 25.0 Å². The lowest BCUT2D eigenvalue weighted by molar-refractivity contribution is 0.0823. The van der Waals surface area contributed by atoms with Gasteiger partial charge in [0.15, 0.2) is 0 Å². The zero-order valence-electron chi connectivity index (χ0n) is 10.1. The quantitative estimate of drug-likeness (QED) is 0.816. The van der Waals surface area contributed by atoms with Crippen molar-refractivity contribution in [2.24, 2.45) is 0 Å². The molecule has 2 aromatic rings. The molecule has 0 saturated heterocycles. The third-order valence-corrected chi connectivity index (χ3v) is 3.32. The second-order valence-electron chi connectivity index (χ2n) is 4.10. The Morgan fingerprint density at radius 3 is 2.47 bits per heavy atom. The smallest absolute Gasteiger partial charge is 0.272 e. The lowest BCUT2D eigenvalue weighted by Crippen LogP contribution is -2.21. The molecule has 4 heteroatoms. The number of carbonyl (C=O) groups excluding carboxylic acids is 1. The number of amides is 1. The van der Waals surface area contributed by atoms with E-state index in [0.29, 0.717) is 5.69 Å². The first-order valence-electron chi connectivity index (χ1n) is 5.32. The molecule has 0 unspecified atom stereocenters. The number of nitrogens with zero attached hydrogens (tertiary/aromatic N) is 2. The van der Waals surface area contributed by atoms with E-state index in [9.17, 15) is 4.79 Å². The summed E-state index contributed by atoms with van der Waals surface area (Å²) in [4.78, 5) is 17.6. The summed E-state index contributed by atoms with van der Waals surface area (Å²) in [6.07, 6.45) is 0. The number of hydrogen-bond donors (Lipinski definition) is 0. The minimum Gasteiger partial charge on any atom is -0.343 e. The number of rotatable bonds is 2. The van der Waals surface area contributed by atoms with Crippen molar-refractivity contribution in [2.45, 2.75) is 6.92 Å². The van der Waals surface area contributed by atoms with E-state index in [4.69, 9.17) is 0 Å². The van der Waals surface area contributed by atoms with Gasteiger partial charge in [0.2, 0.25) is 0 Å². The average Bonchev–Trinajstić information content (AvgIpc) is 2.78. The maximum absolute atomic E-state index is 11.7. The van der Waals surface area contributed by atoms with Crippen LogP contribution in [-0.4, -0.2) is 29.9 Å². The van der Waals surface area contributed by atoms with Gasteiger partial charge in [-0.2, -0.15) is 0 Å². The summed E-state index contributed by atoms with van der Waals surface area (Å²) in [6.45, 7) is 2.05. The van der Waals surface area contributed by atoms with Crippen LogP contribution in [0.25, 0.3) is 10.6 Å². The van der Waals surface area contributed by atoms with E-state index >= 15 is 0 Å². The van der Waals surface area contributed by atoms with E-state index in [-0.39, 0.29) is 5.91 Å². The fourth-order valence-electron chi connectivity index (χ4n) is 1.43. The van der Waals surface area contributed by atoms with E-state index in [2.05, 4.69) is 4.98 Å². The van der Waals surface area contributed by atoms with Crippen LogP contribution in [0.1, 0.15) is 16.1 Å². The summed E-state index contributed by atoms with van der Waals surface area (Å²) in [7, 11) is 3.46. The van der Waals surface area contributed by atoms with Crippen molar-refractivity contribution >= 4 is 17.2 Å². The van der Waals surface area contributed by atoms with Gasteiger partial charge in [-0.1, -0.05) is 29.8 Å². The van der Waals surface area contributed by atoms with Crippen molar-refractivity contribution in [3.8, 4) is 10.6 Å². The van der Waals surface area contributed by atoms with Crippen molar-refractivity contribution in [1.82, 2.24) is 9.88 Å². The van der Waals surface area contributed by atoms with Gasteiger partial charge < -0.3 is 4.90 Å². The lowest BCUT2D eigenvalue weighted by atomic mass is 10.2. The van der Waals surface area contributed by atoms with Crippen LogP contribution in [0.4, 0.5) is 0 Å². The van der Waals surface area contributed by atoms with Gasteiger partial charge in [-0.3, -0.25) is 4.79 Å². The molecular weight excluding hydrogens is 232 g/mol. The molecule has 0 fully saturated rings. The van der Waals surface area contributed by atoms with Gasteiger partial charge in [0.1, 0.15) is 10.7 Å². The highest BCUT2D eigenvalue weighted by Crippen LogP contribution is 2.24. The van der Waals surface area contributed by atoms with Gasteiger partial charge in [0.05, 0.1) is 0 Å². The summed E-state index contributed by atoms with van der Waals surface area (Å²) < 4.78 is 0. The molecule has 1 aromatic heterocycles. The first-order chi connectivity index (χ1) is 8.08. The first kappa shape index (κ1) is 11.8. The topological polar surface area (TPSA) is 33.2 Å². The van der Waals surface area contributed by atoms with Crippen molar-refractivity contribution in [1.29, 1.82) is 0 Å². The lowest BCUT2D eigenvalue weighted by Gasteiger charge is -2.06. The van der Waals surface area contributed by atoms with Crippen LogP contribution in [0.15, 0.2) is 29.6 Å². The SMILES string of the molecule is Cc1ccc(-c2nc(C(=O)N(C)C)cs2)cc1. The number of thiazole rings is 1. The van der Waals surface area contributed by atoms with Crippen molar-refractivity contribution in [2.75, 3.05) is 14.1 Å². The monoisotopic (exact) mass is 246 g/mol. The largest absolute Gasteiger partial charge is 0.343 e. The normalized spacial score (nSPS) is 10.3. The molecule has 0 saturated carbocycles. The maximum atomic E-state index is 11.7. The molecule has 0 aliphatic heterocycles. The van der Waals surface area contributed by atoms with Crippen molar-refractivity contribution < 1.29 is 4.79 Å². The van der Waals surface area contributed by atoms with E-state index in [1.807, 2.05) is 31.2 Å². The van der Waals surface area contributed by atoms with Gasteiger partial charge in [-0.15, -0.1) is 11.3 Å². The highest BCUT2D eigenvalue weighted by molar-refractivity contribution is 7.13. The standard InChI is InChI=1S/C13H14N2OS/c1-9-4-6-10(7-5-9)12-14-11(8-17-12)13(16)15(2)3/h4-8H,1-3H3. The zero-order chi connectivity index (χ0) is 12.4. The molecule has 1 amide bonds. The predicted octanol–water partition coefficient (Wildman–Crippen LogP) is 2.82. The Balaban J connectivity index is 2.30. The summed E-state index contributed by atoms with van der Waals surface area (Å²) in [6, 6.07) is 8.14. The number of aromatic nitrogens is 1. The van der Waals surface area contributed by atoms with Crippen molar-refractivity contribution in [3.05, 3.63) is 40.9 Å². The van der Waals surface area contributed by atoms with Gasteiger partial charge >= 0.3 is 0 Å². The molecule has 2 rings (SSSR count). The Labute approximate surface area is 105 Å². The Kier molecular flexibility index (Phi) is 3.24. The molecule has 1 heterocycles. The molecule has 0 aliphatic rings. The number of benzene rings is 1. The molecule has 1 aromatic carbocycles. The van der Waals surface area contributed by atoms with Gasteiger partial charge in [-0.25, -0.2) is 4.98 Å². The molecule has 0 N–H and O–H groups in total. The Hall–Kier alpha value is -1.68. The van der Waals surface area contributed by atoms with E-state index in [0.717, 1.165) is 10.6 Å². The molecule has 3 nitrogen and oxygen atoms in total. The third-order valence-electron chi connectivity index (χ3n) is 2.43. The number of aryl methyl sites for hydroxylation is 1.